The quantitative estimate of drug-likeness (QED) is 0.0339. The minimum Gasteiger partial charge on any atom is -0.382 e. The van der Waals surface area contributed by atoms with Gasteiger partial charge in [0.2, 0.25) is 0 Å². The van der Waals surface area contributed by atoms with E-state index in [2.05, 4.69) is 228 Å². The van der Waals surface area contributed by atoms with E-state index in [4.69, 9.17) is 19.9 Å². The largest absolute Gasteiger partial charge is 0.382 e. The molecule has 25 aromatic rings. The number of likely N-dealkylation sites (tertiary alicyclic amines) is 1. The molecule has 9 aromatic carbocycles. The van der Waals surface area contributed by atoms with Crippen molar-refractivity contribution < 1.29 is 4.79 Å². The highest BCUT2D eigenvalue weighted by atomic mass is 16.1. The highest BCUT2D eigenvalue weighted by Gasteiger charge is 2.25. The molecule has 702 valence electrons. The minimum absolute atomic E-state index is 0.183. The van der Waals surface area contributed by atoms with Crippen molar-refractivity contribution in [3.05, 3.63) is 339 Å². The summed E-state index contributed by atoms with van der Waals surface area (Å²) in [6.07, 6.45) is 32.7. The van der Waals surface area contributed by atoms with E-state index < -0.39 is 0 Å². The fourth-order valence-electron chi connectivity index (χ4n) is 18.6. The number of hydrogen-bond acceptors (Lipinski definition) is 20. The number of carbonyl (C=O) groups is 1. The van der Waals surface area contributed by atoms with E-state index in [1.54, 1.807) is 30.9 Å². The molecule has 0 bridgehead atoms. The van der Waals surface area contributed by atoms with Crippen molar-refractivity contribution in [2.75, 3.05) is 37.8 Å². The molecule has 0 unspecified atom stereocenters. The van der Waals surface area contributed by atoms with Gasteiger partial charge in [0.1, 0.15) is 44.8 Å². The molecule has 26 rings (SSSR count). The molecule has 0 radical (unpaired) electrons. The number of aryl methyl sites for hydroxylation is 4. The number of pyridine rings is 4. The Hall–Kier alpha value is -18.6. The molecule has 17 heterocycles. The molecule has 1 amide bonds. The number of carbonyl (C=O) groups excluding carboxylic acids is 1. The van der Waals surface area contributed by atoms with Crippen molar-refractivity contribution in [3.8, 4) is 113 Å². The fourth-order valence-corrected chi connectivity index (χ4v) is 18.6. The van der Waals surface area contributed by atoms with Crippen LogP contribution in [0.4, 0.5) is 11.4 Å². The summed E-state index contributed by atoms with van der Waals surface area (Å²) in [5.74, 6) is 2.66. The van der Waals surface area contributed by atoms with Gasteiger partial charge in [-0.2, -0.15) is 20.4 Å². The number of H-pyrrole nitrogens is 8. The Bertz CT molecular complexity index is 8780. The van der Waals surface area contributed by atoms with Crippen LogP contribution in [-0.2, 0) is 13.1 Å². The van der Waals surface area contributed by atoms with E-state index in [0.717, 1.165) is 237 Å². The van der Waals surface area contributed by atoms with Gasteiger partial charge in [0.15, 0.2) is 23.3 Å². The molecule has 0 saturated carbocycles. The average molecular weight is 1880 g/mol. The van der Waals surface area contributed by atoms with E-state index in [9.17, 15) is 4.79 Å². The number of aromatic amines is 8. The van der Waals surface area contributed by atoms with E-state index in [1.807, 2.05) is 236 Å². The normalized spacial score (nSPS) is 12.3. The molecule has 1 aliphatic rings. The molecule has 33 heteroatoms. The third kappa shape index (κ3) is 18.2. The maximum absolute atomic E-state index is 12.6. The molecule has 0 atom stereocenters. The van der Waals surface area contributed by atoms with Crippen LogP contribution in [0.1, 0.15) is 70.9 Å². The SMILES string of the molecule is Cc1cn(-c2cccc3[nH]c(-c4n[nH]c5ccc(-c6cncc(CN(C)C)c6)cc45)nc23)cn1.Cc1cn(-c2cccc3[nH]c(-c4n[nH]c5ccc(-c6cncc(CN7CCCC7)c6)cc45)nc23)cn1.Cc1cn(-c2cccc3[nH]c(-c4n[nH]c5ccc(-c6cncc(NC(=O)c7ccccc7)c6)cc45)nc23)cn1.Cc1cn(-c2cccc3[nH]c(-c4n[nH]c5ccc(-c6cncc(NC(C)C)c6)cc45)nc23)cn1. The summed E-state index contributed by atoms with van der Waals surface area (Å²) >= 11 is 0. The number of amides is 1. The Balaban J connectivity index is 0.000000106. The smallest absolute Gasteiger partial charge is 0.255 e. The number of nitrogens with one attached hydrogen (secondary N) is 10. The van der Waals surface area contributed by atoms with Crippen LogP contribution in [0, 0.1) is 27.7 Å². The van der Waals surface area contributed by atoms with Gasteiger partial charge in [-0.1, -0.05) is 66.7 Å². The second-order valence-corrected chi connectivity index (χ2v) is 36.5. The second-order valence-electron chi connectivity index (χ2n) is 36.5. The van der Waals surface area contributed by atoms with Crippen LogP contribution < -0.4 is 10.6 Å². The van der Waals surface area contributed by atoms with Crippen molar-refractivity contribution in [3.63, 3.8) is 0 Å². The monoisotopic (exact) mass is 1880 g/mol. The van der Waals surface area contributed by atoms with Gasteiger partial charge >= 0.3 is 0 Å². The number of nitrogens with zero attached hydrogens (tertiary/aromatic N) is 22. The van der Waals surface area contributed by atoms with E-state index in [1.165, 1.54) is 37.1 Å². The summed E-state index contributed by atoms with van der Waals surface area (Å²) in [5, 5.41) is 41.3. The molecule has 16 aromatic heterocycles. The van der Waals surface area contributed by atoms with Crippen molar-refractivity contribution in [2.45, 2.75) is 73.5 Å². The Kier molecular flexibility index (Phi) is 23.3. The maximum atomic E-state index is 12.6. The standard InChI is InChI=1S/C30H22N8O.C28H26N8.2C26H24N8/c1-18-16-38(17-32-18)26-9-5-8-25-28(26)35-29(34-25)27-23-13-20(10-11-24(23)36-37-27)21-12-22(15-31-14-21)33-30(39)19-6-3-2-4-7-19;1-18-15-36(17-30-18)25-6-4-5-24-27(25)32-28(31-24)26-22-12-20(7-8-23(22)33-34-26)21-11-19(13-29-14-21)16-35-9-2-3-10-35;1-16-13-34(15-28-16)23-6-4-5-22-25(23)30-26(29-22)24-20-10-18(7-8-21(20)31-32-24)19-9-17(11-27-12-19)14-33(2)3;1-15(2)29-19-9-18(11-27-12-19)17-7-8-21-20(10-17)24(33-32-21)26-30-22-5-4-6-23(25(22)31-26)34-13-16(3)28-14-34/h2-17H,1H3,(H,33,39)(H,34,35)(H,36,37);4-8,11-15,17H,2-3,9-10,16H2,1H3,(H,31,32)(H,33,34);4-13,15H,14H2,1-3H3,(H,29,30)(H,31,32);4-15,29H,1-3H3,(H,30,31)(H,32,33). The molecule has 10 N–H and O–H groups in total. The third-order valence-corrected chi connectivity index (χ3v) is 25.3. The lowest BCUT2D eigenvalue weighted by molar-refractivity contribution is 0.102. The zero-order valence-corrected chi connectivity index (χ0v) is 79.4. The number of fused-ring (bicyclic) bond motifs is 8. The zero-order chi connectivity index (χ0) is 96.9. The van der Waals surface area contributed by atoms with Crippen LogP contribution in [0.3, 0.4) is 0 Å². The van der Waals surface area contributed by atoms with Gasteiger partial charge in [-0.05, 0) is 248 Å². The van der Waals surface area contributed by atoms with Crippen LogP contribution in [0.15, 0.2) is 300 Å². The van der Waals surface area contributed by atoms with E-state index in [0.29, 0.717) is 23.1 Å². The summed E-state index contributed by atoms with van der Waals surface area (Å²) < 4.78 is 7.97. The average Bonchev–Trinajstić information content (AvgIpc) is 1.62. The number of rotatable bonds is 20. The molecular weight excluding hydrogens is 1790 g/mol. The Morgan fingerprint density at radius 2 is 0.692 bits per heavy atom. The van der Waals surface area contributed by atoms with Crippen molar-refractivity contribution >= 4 is 105 Å². The first-order valence-corrected chi connectivity index (χ1v) is 47.2. The molecule has 143 heavy (non-hydrogen) atoms. The predicted molar refractivity (Wildman–Crippen MR) is 560 cm³/mol. The van der Waals surface area contributed by atoms with Gasteiger partial charge in [0, 0.05) is 137 Å². The molecule has 0 spiro atoms. The number of anilines is 2. The van der Waals surface area contributed by atoms with Crippen molar-refractivity contribution in [1.29, 1.82) is 0 Å². The van der Waals surface area contributed by atoms with Gasteiger partial charge < -0.3 is 53.7 Å². The van der Waals surface area contributed by atoms with Gasteiger partial charge in [-0.15, -0.1) is 0 Å². The molecule has 0 aliphatic carbocycles. The third-order valence-electron chi connectivity index (χ3n) is 25.3. The first kappa shape index (κ1) is 88.4. The van der Waals surface area contributed by atoms with Crippen molar-refractivity contribution in [2.24, 2.45) is 0 Å². The summed E-state index contributed by atoms with van der Waals surface area (Å²) in [7, 11) is 4.12. The highest BCUT2D eigenvalue weighted by molar-refractivity contribution is 6.05. The van der Waals surface area contributed by atoms with Crippen molar-refractivity contribution in [1.82, 2.24) is 149 Å². The maximum Gasteiger partial charge on any atom is 0.255 e. The number of benzene rings is 9. The lowest BCUT2D eigenvalue weighted by atomic mass is 10.0. The number of hydrogen-bond donors (Lipinski definition) is 10. The summed E-state index contributed by atoms with van der Waals surface area (Å²) in [5.41, 5.74) is 34.8. The highest BCUT2D eigenvalue weighted by Crippen LogP contribution is 2.40. The first-order valence-electron chi connectivity index (χ1n) is 47.2. The first-order chi connectivity index (χ1) is 69.9. The topological polar surface area (TPSA) is 400 Å². The molecule has 1 aliphatic heterocycles. The molecule has 33 nitrogen and oxygen atoms in total. The summed E-state index contributed by atoms with van der Waals surface area (Å²) in [6, 6.07) is 67.2. The van der Waals surface area contributed by atoms with Gasteiger partial charge in [0.25, 0.3) is 5.91 Å². The van der Waals surface area contributed by atoms with Crippen LogP contribution in [0.2, 0.25) is 0 Å². The van der Waals surface area contributed by atoms with Crippen LogP contribution >= 0.6 is 0 Å². The Morgan fingerprint density at radius 1 is 0.357 bits per heavy atom. The second kappa shape index (κ2) is 37.7. The Labute approximate surface area is 817 Å². The number of imidazole rings is 8. The van der Waals surface area contributed by atoms with E-state index in [-0.39, 0.29) is 5.91 Å². The fraction of sp³-hybridized carbons (Fsp3) is 0.136. The molecular formula is C110H96N32O. The lowest BCUT2D eigenvalue weighted by Gasteiger charge is -2.14. The van der Waals surface area contributed by atoms with E-state index >= 15 is 0 Å². The van der Waals surface area contributed by atoms with Crippen LogP contribution in [-0.4, -0.2) is 188 Å². The summed E-state index contributed by atoms with van der Waals surface area (Å²) in [6.45, 7) is 16.3. The lowest BCUT2D eigenvalue weighted by Crippen LogP contribution is -2.18. The van der Waals surface area contributed by atoms with Gasteiger partial charge in [0.05, 0.1) is 133 Å². The van der Waals surface area contributed by atoms with Crippen LogP contribution in [0.5, 0.6) is 0 Å². The predicted octanol–water partition coefficient (Wildman–Crippen LogP) is 21.4. The number of aromatic nitrogens is 28. The minimum atomic E-state index is -0.183. The molecule has 1 saturated heterocycles. The van der Waals surface area contributed by atoms with Gasteiger partial charge in [-0.3, -0.25) is 50.0 Å². The van der Waals surface area contributed by atoms with Gasteiger partial charge in [-0.25, -0.2) is 39.9 Å². The Morgan fingerprint density at radius 3 is 1.04 bits per heavy atom. The van der Waals surface area contributed by atoms with Crippen LogP contribution in [0.25, 0.3) is 201 Å². The molecule has 1 fully saturated rings. The summed E-state index contributed by atoms with van der Waals surface area (Å²) in [4.78, 5) is 86.0. The zero-order valence-electron chi connectivity index (χ0n) is 79.4. The number of para-hydroxylation sites is 4.